The standard InChI is InChI=1S/C20H21Cl2NO3/c1-3-18(15-7-4-13(2)5-8-15)23-19(24)12-26-20(25)11-14-6-9-16(21)17(22)10-14/h4-10,18H,3,11-12H2,1-2H3,(H,23,24)/t18-/m1/s1. The van der Waals surface area contributed by atoms with Gasteiger partial charge in [-0.05, 0) is 36.6 Å². The molecule has 0 aliphatic carbocycles. The zero-order valence-electron chi connectivity index (χ0n) is 14.7. The number of carbonyl (C=O) groups excluding carboxylic acids is 2. The van der Waals surface area contributed by atoms with E-state index in [0.717, 1.165) is 17.5 Å². The number of halogens is 2. The minimum absolute atomic E-state index is 0.0271. The molecule has 0 unspecified atom stereocenters. The molecule has 0 heterocycles. The highest BCUT2D eigenvalue weighted by Crippen LogP contribution is 2.23. The molecule has 138 valence electrons. The number of carbonyl (C=O) groups is 2. The Labute approximate surface area is 163 Å². The van der Waals surface area contributed by atoms with Crippen molar-refractivity contribution in [3.63, 3.8) is 0 Å². The minimum Gasteiger partial charge on any atom is -0.455 e. The van der Waals surface area contributed by atoms with Gasteiger partial charge in [0.05, 0.1) is 22.5 Å². The van der Waals surface area contributed by atoms with Crippen molar-refractivity contribution in [2.24, 2.45) is 0 Å². The summed E-state index contributed by atoms with van der Waals surface area (Å²) in [6.45, 7) is 3.68. The summed E-state index contributed by atoms with van der Waals surface area (Å²) in [6.07, 6.45) is 0.769. The molecule has 0 saturated carbocycles. The molecule has 0 radical (unpaired) electrons. The third kappa shape index (κ3) is 6.04. The molecule has 0 fully saturated rings. The first-order valence-electron chi connectivity index (χ1n) is 8.34. The molecule has 2 aromatic rings. The van der Waals surface area contributed by atoms with Crippen LogP contribution in [0, 0.1) is 6.92 Å². The summed E-state index contributed by atoms with van der Waals surface area (Å²) >= 11 is 11.8. The summed E-state index contributed by atoms with van der Waals surface area (Å²) in [5, 5.41) is 3.68. The summed E-state index contributed by atoms with van der Waals surface area (Å²) in [7, 11) is 0. The Balaban J connectivity index is 1.83. The molecule has 0 spiro atoms. The lowest BCUT2D eigenvalue weighted by Gasteiger charge is -2.17. The van der Waals surface area contributed by atoms with E-state index in [9.17, 15) is 9.59 Å². The molecule has 1 amide bonds. The largest absolute Gasteiger partial charge is 0.455 e. The van der Waals surface area contributed by atoms with Crippen LogP contribution in [-0.4, -0.2) is 18.5 Å². The minimum atomic E-state index is -0.498. The first kappa shape index (κ1) is 20.3. The Kier molecular flexibility index (Phi) is 7.49. The smallest absolute Gasteiger partial charge is 0.310 e. The quantitative estimate of drug-likeness (QED) is 0.696. The molecule has 26 heavy (non-hydrogen) atoms. The van der Waals surface area contributed by atoms with Gasteiger partial charge in [-0.1, -0.05) is 66.0 Å². The summed E-state index contributed by atoms with van der Waals surface area (Å²) in [5.41, 5.74) is 2.86. The average Bonchev–Trinajstić information content (AvgIpc) is 2.62. The topological polar surface area (TPSA) is 55.4 Å². The number of benzene rings is 2. The fraction of sp³-hybridized carbons (Fsp3) is 0.300. The second-order valence-electron chi connectivity index (χ2n) is 6.02. The van der Waals surface area contributed by atoms with Gasteiger partial charge in [0.15, 0.2) is 6.61 Å². The molecule has 1 atom stereocenters. The van der Waals surface area contributed by atoms with Crippen molar-refractivity contribution in [3.8, 4) is 0 Å². The first-order valence-corrected chi connectivity index (χ1v) is 9.10. The zero-order chi connectivity index (χ0) is 19.1. The second-order valence-corrected chi connectivity index (χ2v) is 6.84. The maximum Gasteiger partial charge on any atom is 0.310 e. The molecule has 6 heteroatoms. The van der Waals surface area contributed by atoms with Crippen LogP contribution in [0.25, 0.3) is 0 Å². The maximum absolute atomic E-state index is 12.1. The van der Waals surface area contributed by atoms with E-state index in [0.29, 0.717) is 15.6 Å². The van der Waals surface area contributed by atoms with Crippen LogP contribution in [0.5, 0.6) is 0 Å². The van der Waals surface area contributed by atoms with E-state index in [4.69, 9.17) is 27.9 Å². The normalized spacial score (nSPS) is 11.7. The van der Waals surface area contributed by atoms with Crippen LogP contribution < -0.4 is 5.32 Å². The summed E-state index contributed by atoms with van der Waals surface area (Å²) in [4.78, 5) is 24.0. The van der Waals surface area contributed by atoms with E-state index in [2.05, 4.69) is 5.32 Å². The van der Waals surface area contributed by atoms with Gasteiger partial charge in [-0.3, -0.25) is 9.59 Å². The SMILES string of the molecule is CC[C@@H](NC(=O)COC(=O)Cc1ccc(Cl)c(Cl)c1)c1ccc(C)cc1. The lowest BCUT2D eigenvalue weighted by atomic mass is 10.0. The predicted octanol–water partition coefficient (Wildman–Crippen LogP) is 4.66. The first-order chi connectivity index (χ1) is 12.4. The van der Waals surface area contributed by atoms with Crippen molar-refractivity contribution in [3.05, 3.63) is 69.2 Å². The Hall–Kier alpha value is -2.04. The van der Waals surface area contributed by atoms with Crippen molar-refractivity contribution in [1.82, 2.24) is 5.32 Å². The summed E-state index contributed by atoms with van der Waals surface area (Å²) in [6, 6.07) is 12.8. The van der Waals surface area contributed by atoms with Crippen molar-refractivity contribution in [1.29, 1.82) is 0 Å². The molecule has 4 nitrogen and oxygen atoms in total. The van der Waals surface area contributed by atoms with Crippen molar-refractivity contribution >= 4 is 35.1 Å². The predicted molar refractivity (Wildman–Crippen MR) is 103 cm³/mol. The number of amides is 1. The van der Waals surface area contributed by atoms with Gasteiger partial charge in [-0.25, -0.2) is 0 Å². The average molecular weight is 394 g/mol. The van der Waals surface area contributed by atoms with E-state index < -0.39 is 5.97 Å². The third-order valence-corrected chi connectivity index (χ3v) is 4.66. The van der Waals surface area contributed by atoms with Gasteiger partial charge in [0.25, 0.3) is 5.91 Å². The Bertz CT molecular complexity index is 775. The number of aryl methyl sites for hydroxylation is 1. The number of rotatable bonds is 7. The van der Waals surface area contributed by atoms with E-state index >= 15 is 0 Å². The highest BCUT2D eigenvalue weighted by molar-refractivity contribution is 6.42. The Morgan fingerprint density at radius 3 is 2.38 bits per heavy atom. The van der Waals surface area contributed by atoms with Gasteiger partial charge in [0, 0.05) is 0 Å². The highest BCUT2D eigenvalue weighted by atomic mass is 35.5. The van der Waals surface area contributed by atoms with E-state index in [1.165, 1.54) is 0 Å². The molecule has 1 N–H and O–H groups in total. The number of nitrogens with one attached hydrogen (secondary N) is 1. The lowest BCUT2D eigenvalue weighted by Crippen LogP contribution is -2.32. The van der Waals surface area contributed by atoms with Crippen LogP contribution in [0.2, 0.25) is 10.0 Å². The molecule has 2 aromatic carbocycles. The highest BCUT2D eigenvalue weighted by Gasteiger charge is 2.14. The lowest BCUT2D eigenvalue weighted by molar-refractivity contribution is -0.148. The molecule has 0 aliphatic rings. The molecule has 0 aromatic heterocycles. The van der Waals surface area contributed by atoms with Crippen LogP contribution in [-0.2, 0) is 20.7 Å². The van der Waals surface area contributed by atoms with Crippen LogP contribution in [0.4, 0.5) is 0 Å². The molecule has 2 rings (SSSR count). The second kappa shape index (κ2) is 9.60. The summed E-state index contributed by atoms with van der Waals surface area (Å²) in [5.74, 6) is -0.832. The third-order valence-electron chi connectivity index (χ3n) is 3.92. The number of hydrogen-bond acceptors (Lipinski definition) is 3. The molecule has 0 bridgehead atoms. The number of ether oxygens (including phenoxy) is 1. The van der Waals surface area contributed by atoms with Gasteiger partial charge in [0.2, 0.25) is 0 Å². The van der Waals surface area contributed by atoms with Crippen molar-refractivity contribution in [2.75, 3.05) is 6.61 Å². The molecule has 0 saturated heterocycles. The Morgan fingerprint density at radius 2 is 1.77 bits per heavy atom. The molecular formula is C20H21Cl2NO3. The molecular weight excluding hydrogens is 373 g/mol. The molecule has 0 aliphatic heterocycles. The van der Waals surface area contributed by atoms with Gasteiger partial charge in [0.1, 0.15) is 0 Å². The van der Waals surface area contributed by atoms with E-state index in [1.54, 1.807) is 18.2 Å². The number of hydrogen-bond donors (Lipinski definition) is 1. The van der Waals surface area contributed by atoms with E-state index in [-0.39, 0.29) is 25.0 Å². The zero-order valence-corrected chi connectivity index (χ0v) is 16.2. The van der Waals surface area contributed by atoms with Gasteiger partial charge in [-0.15, -0.1) is 0 Å². The fourth-order valence-corrected chi connectivity index (χ4v) is 2.79. The van der Waals surface area contributed by atoms with Gasteiger partial charge in [-0.2, -0.15) is 0 Å². The van der Waals surface area contributed by atoms with Gasteiger partial charge < -0.3 is 10.1 Å². The fourth-order valence-electron chi connectivity index (χ4n) is 2.47. The van der Waals surface area contributed by atoms with Crippen molar-refractivity contribution < 1.29 is 14.3 Å². The Morgan fingerprint density at radius 1 is 1.08 bits per heavy atom. The van der Waals surface area contributed by atoms with Crippen LogP contribution >= 0.6 is 23.2 Å². The maximum atomic E-state index is 12.1. The summed E-state index contributed by atoms with van der Waals surface area (Å²) < 4.78 is 5.05. The van der Waals surface area contributed by atoms with E-state index in [1.807, 2.05) is 38.1 Å². The van der Waals surface area contributed by atoms with Gasteiger partial charge >= 0.3 is 5.97 Å². The van der Waals surface area contributed by atoms with Crippen LogP contribution in [0.3, 0.4) is 0 Å². The van der Waals surface area contributed by atoms with Crippen LogP contribution in [0.1, 0.15) is 36.1 Å². The van der Waals surface area contributed by atoms with Crippen LogP contribution in [0.15, 0.2) is 42.5 Å². The monoisotopic (exact) mass is 393 g/mol. The number of esters is 1. The van der Waals surface area contributed by atoms with Crippen molar-refractivity contribution in [2.45, 2.75) is 32.7 Å².